The van der Waals surface area contributed by atoms with Crippen LogP contribution < -0.4 is 4.90 Å². The van der Waals surface area contributed by atoms with Gasteiger partial charge in [0, 0.05) is 17.8 Å². The van der Waals surface area contributed by atoms with E-state index in [-0.39, 0.29) is 12.7 Å². The van der Waals surface area contributed by atoms with E-state index in [0.29, 0.717) is 6.54 Å². The molecule has 1 aliphatic heterocycles. The smallest absolute Gasteiger partial charge is 0.316 e. The first-order valence-corrected chi connectivity index (χ1v) is 9.64. The van der Waals surface area contributed by atoms with Gasteiger partial charge in [-0.3, -0.25) is 14.5 Å². The molecule has 8 nitrogen and oxygen atoms in total. The minimum absolute atomic E-state index is 0.127. The highest BCUT2D eigenvalue weighted by Gasteiger charge is 2.49. The van der Waals surface area contributed by atoms with Gasteiger partial charge in [0.05, 0.1) is 18.9 Å². The lowest BCUT2D eigenvalue weighted by atomic mass is 10.2. The number of para-hydroxylation sites is 1. The van der Waals surface area contributed by atoms with Crippen molar-refractivity contribution in [3.8, 4) is 5.69 Å². The van der Waals surface area contributed by atoms with Gasteiger partial charge in [-0.15, -0.1) is 0 Å². The number of amides is 4. The Hall–Kier alpha value is -3.00. The molecule has 4 amide bonds. The topological polar surface area (TPSA) is 80.0 Å². The van der Waals surface area contributed by atoms with Crippen LogP contribution in [0.15, 0.2) is 42.7 Å². The van der Waals surface area contributed by atoms with Gasteiger partial charge in [-0.25, -0.2) is 14.4 Å². The third-order valence-electron chi connectivity index (χ3n) is 5.36. The summed E-state index contributed by atoms with van der Waals surface area (Å²) in [7, 11) is 1.89. The zero-order valence-electron chi connectivity index (χ0n) is 15.9. The fourth-order valence-corrected chi connectivity index (χ4v) is 3.99. The molecule has 0 spiro atoms. The molecule has 2 fully saturated rings. The highest BCUT2D eigenvalue weighted by Crippen LogP contribution is 2.27. The van der Waals surface area contributed by atoms with Gasteiger partial charge in [0.15, 0.2) is 6.67 Å². The van der Waals surface area contributed by atoms with Gasteiger partial charge in [-0.05, 0) is 25.0 Å². The van der Waals surface area contributed by atoms with E-state index in [1.54, 1.807) is 10.9 Å². The molecule has 0 bridgehead atoms. The van der Waals surface area contributed by atoms with Gasteiger partial charge in [-0.1, -0.05) is 31.0 Å². The number of benzene rings is 1. The molecule has 1 saturated carbocycles. The Kier molecular flexibility index (Phi) is 4.95. The number of aromatic nitrogens is 2. The van der Waals surface area contributed by atoms with E-state index in [2.05, 4.69) is 5.10 Å². The minimum Gasteiger partial charge on any atom is -0.316 e. The number of nitrogens with zero attached hydrogens (tertiary/aromatic N) is 4. The predicted octanol–water partition coefficient (Wildman–Crippen LogP) is 0.578. The van der Waals surface area contributed by atoms with Crippen molar-refractivity contribution in [2.24, 2.45) is 0 Å². The van der Waals surface area contributed by atoms with Crippen molar-refractivity contribution in [2.45, 2.75) is 38.3 Å². The van der Waals surface area contributed by atoms with Crippen LogP contribution in [0.25, 0.3) is 5.69 Å². The van der Waals surface area contributed by atoms with E-state index in [9.17, 15) is 14.4 Å². The molecule has 8 heteroatoms. The van der Waals surface area contributed by atoms with Crippen LogP contribution in [0.4, 0.5) is 4.79 Å². The first kappa shape index (κ1) is 18.4. The van der Waals surface area contributed by atoms with Crippen molar-refractivity contribution < 1.29 is 19.3 Å². The second-order valence-electron chi connectivity index (χ2n) is 7.55. The Morgan fingerprint density at radius 2 is 1.79 bits per heavy atom. The summed E-state index contributed by atoms with van der Waals surface area (Å²) < 4.78 is 1.79. The number of hydrogen-bond donors (Lipinski definition) is 1. The van der Waals surface area contributed by atoms with E-state index < -0.39 is 17.8 Å². The maximum absolute atomic E-state index is 12.7. The van der Waals surface area contributed by atoms with Crippen LogP contribution in [0.2, 0.25) is 0 Å². The van der Waals surface area contributed by atoms with E-state index in [1.807, 2.05) is 43.6 Å². The second-order valence-corrected chi connectivity index (χ2v) is 7.55. The Morgan fingerprint density at radius 1 is 1.07 bits per heavy atom. The lowest BCUT2D eigenvalue weighted by molar-refractivity contribution is -0.901. The Bertz CT molecular complexity index is 888. The molecule has 2 aromatic rings. The number of rotatable bonds is 6. The molecule has 28 heavy (non-hydrogen) atoms. The normalized spacial score (nSPS) is 19.1. The monoisotopic (exact) mass is 382 g/mol. The fourth-order valence-electron chi connectivity index (χ4n) is 3.99. The molecule has 1 unspecified atom stereocenters. The standard InChI is InChI=1S/C20H23N5O3/c1-22(12-15-11-21-24(13-15)16-7-3-2-4-8-16)14-23-18(26)19(27)25(20(23)28)17-9-5-6-10-17/h2-4,7-8,11,13,17H,5-6,9-10,12,14H2,1H3/p+1. The summed E-state index contributed by atoms with van der Waals surface area (Å²) in [6.07, 6.45) is 7.28. The van der Waals surface area contributed by atoms with Crippen molar-refractivity contribution in [1.29, 1.82) is 0 Å². The van der Waals surface area contributed by atoms with E-state index >= 15 is 0 Å². The third kappa shape index (κ3) is 3.43. The summed E-state index contributed by atoms with van der Waals surface area (Å²) >= 11 is 0. The molecule has 1 atom stereocenters. The molecule has 146 valence electrons. The number of quaternary nitrogens is 1. The van der Waals surface area contributed by atoms with Gasteiger partial charge in [-0.2, -0.15) is 5.10 Å². The predicted molar refractivity (Wildman–Crippen MR) is 100 cm³/mol. The first-order valence-electron chi connectivity index (χ1n) is 9.64. The maximum atomic E-state index is 12.7. The van der Waals surface area contributed by atoms with E-state index in [1.165, 1.54) is 4.90 Å². The summed E-state index contributed by atoms with van der Waals surface area (Å²) in [5.74, 6) is -1.39. The fraction of sp³-hybridized carbons (Fsp3) is 0.400. The van der Waals surface area contributed by atoms with Crippen LogP contribution in [-0.4, -0.2) is 57.2 Å². The molecule has 4 rings (SSSR count). The van der Waals surface area contributed by atoms with Gasteiger partial charge in [0.25, 0.3) is 0 Å². The first-order chi connectivity index (χ1) is 13.5. The van der Waals surface area contributed by atoms with E-state index in [4.69, 9.17) is 0 Å². The average molecular weight is 382 g/mol. The van der Waals surface area contributed by atoms with Gasteiger partial charge in [0.2, 0.25) is 0 Å². The minimum atomic E-state index is -0.712. The summed E-state index contributed by atoms with van der Waals surface area (Å²) in [5, 5.41) is 4.37. The highest BCUT2D eigenvalue weighted by atomic mass is 16.2. The maximum Gasteiger partial charge on any atom is 0.338 e. The van der Waals surface area contributed by atoms with Crippen molar-refractivity contribution in [3.63, 3.8) is 0 Å². The molecular formula is C20H24N5O3+. The quantitative estimate of drug-likeness (QED) is 0.585. The molecule has 2 aliphatic rings. The lowest BCUT2D eigenvalue weighted by Crippen LogP contribution is -3.09. The van der Waals surface area contributed by atoms with E-state index in [0.717, 1.165) is 46.7 Å². The Balaban J connectivity index is 1.40. The number of carbonyl (C=O) groups excluding carboxylic acids is 3. The Labute approximate surface area is 163 Å². The van der Waals surface area contributed by atoms with Gasteiger partial charge in [0.1, 0.15) is 6.54 Å². The third-order valence-corrected chi connectivity index (χ3v) is 5.36. The molecule has 1 aliphatic carbocycles. The van der Waals surface area contributed by atoms with Crippen LogP contribution in [0.1, 0.15) is 31.2 Å². The second kappa shape index (κ2) is 7.55. The molecule has 1 aromatic carbocycles. The molecule has 1 aromatic heterocycles. The van der Waals surface area contributed by atoms with Crippen molar-refractivity contribution in [1.82, 2.24) is 19.6 Å². The largest absolute Gasteiger partial charge is 0.338 e. The van der Waals surface area contributed by atoms with Crippen molar-refractivity contribution in [2.75, 3.05) is 13.7 Å². The van der Waals surface area contributed by atoms with Crippen LogP contribution >= 0.6 is 0 Å². The van der Waals surface area contributed by atoms with Crippen molar-refractivity contribution >= 4 is 17.8 Å². The molecule has 0 radical (unpaired) electrons. The molecule has 1 N–H and O–H groups in total. The molecule has 2 heterocycles. The highest BCUT2D eigenvalue weighted by molar-refractivity contribution is 6.44. The lowest BCUT2D eigenvalue weighted by Gasteiger charge is -2.22. The summed E-state index contributed by atoms with van der Waals surface area (Å²) in [5.41, 5.74) is 1.95. The van der Waals surface area contributed by atoms with Crippen LogP contribution in [0.5, 0.6) is 0 Å². The average Bonchev–Trinajstić information content (AvgIpc) is 3.42. The SMILES string of the molecule is C[NH+](Cc1cnn(-c2ccccc2)c1)CN1C(=O)C(=O)N(C2CCCC2)C1=O. The summed E-state index contributed by atoms with van der Waals surface area (Å²) in [6, 6.07) is 9.19. The van der Waals surface area contributed by atoms with Crippen LogP contribution in [0, 0.1) is 0 Å². The number of hydrogen-bond acceptors (Lipinski definition) is 4. The zero-order valence-corrected chi connectivity index (χ0v) is 15.9. The Morgan fingerprint density at radius 3 is 2.50 bits per heavy atom. The molecule has 1 saturated heterocycles. The van der Waals surface area contributed by atoms with Crippen LogP contribution in [-0.2, 0) is 16.1 Å². The zero-order chi connectivity index (χ0) is 19.7. The summed E-state index contributed by atoms with van der Waals surface area (Å²) in [6.45, 7) is 0.741. The number of carbonyl (C=O) groups is 3. The van der Waals surface area contributed by atoms with Gasteiger partial charge >= 0.3 is 17.8 Å². The van der Waals surface area contributed by atoms with Crippen LogP contribution in [0.3, 0.4) is 0 Å². The molecular weight excluding hydrogens is 358 g/mol. The summed E-state index contributed by atoms with van der Waals surface area (Å²) in [4.78, 5) is 40.5. The number of urea groups is 1. The van der Waals surface area contributed by atoms with Crippen molar-refractivity contribution in [3.05, 3.63) is 48.3 Å². The number of imide groups is 2. The number of nitrogens with one attached hydrogen (secondary N) is 1. The van der Waals surface area contributed by atoms with Gasteiger partial charge < -0.3 is 4.90 Å².